The second-order valence-electron chi connectivity index (χ2n) is 22.6. The molecule has 0 aromatic heterocycles. The first-order chi connectivity index (χ1) is 37.8. The molecule has 0 aliphatic carbocycles. The van der Waals surface area contributed by atoms with Gasteiger partial charge in [0.2, 0.25) is 11.8 Å². The van der Waals surface area contributed by atoms with Gasteiger partial charge in [-0.05, 0) is 54.0 Å². The fourth-order valence-corrected chi connectivity index (χ4v) is 10.3. The summed E-state index contributed by atoms with van der Waals surface area (Å²) in [6.45, 7) is 11.6. The van der Waals surface area contributed by atoms with Crippen molar-refractivity contribution < 1.29 is 89.5 Å². The van der Waals surface area contributed by atoms with Crippen molar-refractivity contribution in [3.8, 4) is 0 Å². The minimum absolute atomic E-state index is 0.114. The van der Waals surface area contributed by atoms with E-state index in [0.29, 0.717) is 13.1 Å². The number of rotatable bonds is 8. The Hall–Kier alpha value is -4.05. The van der Waals surface area contributed by atoms with Crippen LogP contribution in [-0.4, -0.2) is 233 Å². The molecule has 22 heteroatoms. The largest absolute Gasteiger partial charge is 0.462 e. The van der Waals surface area contributed by atoms with Crippen LogP contribution in [0.4, 0.5) is 0 Å². The third-order valence-corrected chi connectivity index (χ3v) is 15.5. The zero-order valence-corrected chi connectivity index (χ0v) is 47.5. The zero-order valence-electron chi connectivity index (χ0n) is 47.5. The summed E-state index contributed by atoms with van der Waals surface area (Å²) in [4.78, 5) is 43.7. The third-order valence-electron chi connectivity index (χ3n) is 15.5. The number of aliphatic hydroxyl groups excluding tert-OH is 10. The molecule has 4 aliphatic heterocycles. The number of cyclic esters (lactones) is 1. The summed E-state index contributed by atoms with van der Waals surface area (Å²) in [5, 5.41) is 128. The van der Waals surface area contributed by atoms with Gasteiger partial charge in [-0.15, -0.1) is 0 Å². The summed E-state index contributed by atoms with van der Waals surface area (Å²) < 4.78 is 24.3. The van der Waals surface area contributed by atoms with Crippen LogP contribution < -0.4 is 10.6 Å². The fraction of sp³-hybridized carbons (Fsp3) is 0.707. The zero-order chi connectivity index (χ0) is 59.3. The van der Waals surface area contributed by atoms with E-state index in [0.717, 1.165) is 0 Å². The first kappa shape index (κ1) is 68.4. The van der Waals surface area contributed by atoms with Crippen LogP contribution in [0.25, 0.3) is 0 Å². The topological polar surface area (TPSA) is 341 Å². The Morgan fingerprint density at radius 3 is 1.88 bits per heavy atom. The number of hydrogen-bond acceptors (Lipinski definition) is 20. The minimum atomic E-state index is -2.33. The third kappa shape index (κ3) is 21.6. The van der Waals surface area contributed by atoms with Gasteiger partial charge in [0, 0.05) is 69.2 Å². The van der Waals surface area contributed by atoms with Crippen LogP contribution in [0.3, 0.4) is 0 Å². The van der Waals surface area contributed by atoms with Crippen molar-refractivity contribution in [2.45, 2.75) is 196 Å². The van der Waals surface area contributed by atoms with Gasteiger partial charge in [0.1, 0.15) is 18.3 Å². The van der Waals surface area contributed by atoms with Crippen molar-refractivity contribution in [3.05, 3.63) is 85.1 Å². The molecule has 0 radical (unpaired) electrons. The predicted octanol–water partition coefficient (Wildman–Crippen LogP) is -0.0809. The Labute approximate surface area is 471 Å². The Balaban J connectivity index is 1.68. The molecule has 80 heavy (non-hydrogen) atoms. The number of fused-ring (bicyclic) bond motifs is 2. The number of carbonyl (C=O) groups is 3. The maximum Gasteiger partial charge on any atom is 0.308 e. The van der Waals surface area contributed by atoms with Crippen molar-refractivity contribution in [3.63, 3.8) is 0 Å². The fourth-order valence-electron chi connectivity index (χ4n) is 10.3. The number of aliphatic hydroxyl groups is 11. The smallest absolute Gasteiger partial charge is 0.308 e. The number of esters is 1. The number of hydrogen-bond donors (Lipinski definition) is 13. The van der Waals surface area contributed by atoms with E-state index < -0.39 is 158 Å². The number of nitrogens with one attached hydrogen (secondary N) is 2. The molecule has 4 aliphatic rings. The molecule has 2 bridgehead atoms. The molecule has 13 N–H and O–H groups in total. The average molecular weight is 1140 g/mol. The molecular weight excluding hydrogens is 1040 g/mol. The lowest BCUT2D eigenvalue weighted by Crippen LogP contribution is -2.64. The van der Waals surface area contributed by atoms with E-state index in [1.807, 2.05) is 56.1 Å². The van der Waals surface area contributed by atoms with Gasteiger partial charge in [0.25, 0.3) is 0 Å². The standard InChI is InChI=1S/C58H94N4O18/c1-36-20-18-16-14-12-10-8-9-11-13-15-17-19-21-43(79-56-54(74)51(53(73)39(4)78-56)60-48(70)34-59-7)31-47-50(55(75)61-24-26-62(27-25-61)57(5,6)35-63)46(69)33-58(76,80-47)32-42(66)29-45(68)44(67)23-22-40(64)28-41(65)30-49(71)77-38(3)37(2)52(36)72/h8-21,36-47,50-54,56,59,63-69,72-74,76H,22-35H2,1-7H3,(H,60,70)/b9-8+,12-10+,13-11+,16-14+,17-15+,20-18+,21-19+/t36-,37-,38-,39+,40+,41+,42-,43-,44+,45+,46-,47-,50+,51-,52+,53+,54-,56-,58+/m0/s1. The molecule has 0 unspecified atom stereocenters. The van der Waals surface area contributed by atoms with Crippen LogP contribution in [0, 0.1) is 17.8 Å². The Morgan fingerprint density at radius 2 is 1.29 bits per heavy atom. The Morgan fingerprint density at radius 1 is 0.700 bits per heavy atom. The number of piperazine rings is 1. The quantitative estimate of drug-likeness (QED) is 0.141. The average Bonchev–Trinajstić information content (AvgIpc) is 3.39. The van der Waals surface area contributed by atoms with Crippen LogP contribution in [0.2, 0.25) is 0 Å². The second-order valence-corrected chi connectivity index (χ2v) is 22.6. The molecule has 19 atom stereocenters. The normalized spacial score (nSPS) is 40.8. The molecule has 0 spiro atoms. The van der Waals surface area contributed by atoms with E-state index in [-0.39, 0.29) is 57.8 Å². The maximum absolute atomic E-state index is 14.7. The monoisotopic (exact) mass is 1130 g/mol. The molecule has 0 saturated carbocycles. The lowest BCUT2D eigenvalue weighted by atomic mass is 9.81. The van der Waals surface area contributed by atoms with E-state index >= 15 is 0 Å². The van der Waals surface area contributed by atoms with Crippen LogP contribution in [0.1, 0.15) is 92.9 Å². The van der Waals surface area contributed by atoms with E-state index in [1.165, 1.54) is 6.92 Å². The van der Waals surface area contributed by atoms with Gasteiger partial charge < -0.3 is 90.7 Å². The van der Waals surface area contributed by atoms with Crippen LogP contribution in [-0.2, 0) is 33.3 Å². The summed E-state index contributed by atoms with van der Waals surface area (Å²) in [7, 11) is 1.56. The van der Waals surface area contributed by atoms with Gasteiger partial charge in [-0.2, -0.15) is 0 Å². The van der Waals surface area contributed by atoms with E-state index in [2.05, 4.69) is 10.6 Å². The van der Waals surface area contributed by atoms with Crippen LogP contribution in [0.5, 0.6) is 0 Å². The van der Waals surface area contributed by atoms with Crippen LogP contribution >= 0.6 is 0 Å². The molecule has 3 fully saturated rings. The molecule has 22 nitrogen and oxygen atoms in total. The summed E-state index contributed by atoms with van der Waals surface area (Å²) >= 11 is 0. The molecule has 4 heterocycles. The second kappa shape index (κ2) is 33.3. The SMILES string of the molecule is CNCC(=O)N[C@@H]1[C@H](O)[C@H](O[C@H]2/C=C/C=C/C=C/C=C/C=C/C=C/C=C/[C@H](C)[C@@H](O)[C@@H](C)[C@H](C)OC(=O)C[C@H](O)C[C@H](O)CC[C@@H](O)[C@H](O)C[C@H](O)C[C@]3(O)C[C@H](O)[C@@H](C(=O)N4CCN(C(C)(C)CO)CC4)[C@H](C2)O3)O[C@H](C)[C@H]1O. The van der Waals surface area contributed by atoms with Crippen LogP contribution in [0.15, 0.2) is 85.1 Å². The summed E-state index contributed by atoms with van der Waals surface area (Å²) in [6, 6.07) is -1.23. The number of nitrogens with zero attached hydrogens (tertiary/aromatic N) is 2. The van der Waals surface area contributed by atoms with Crippen molar-refractivity contribution >= 4 is 17.8 Å². The van der Waals surface area contributed by atoms with Crippen molar-refractivity contribution in [1.29, 1.82) is 0 Å². The molecule has 454 valence electrons. The van der Waals surface area contributed by atoms with E-state index in [9.17, 15) is 70.6 Å². The Kier molecular flexibility index (Phi) is 28.5. The van der Waals surface area contributed by atoms with Gasteiger partial charge in [-0.3, -0.25) is 19.3 Å². The molecule has 0 aromatic carbocycles. The summed E-state index contributed by atoms with van der Waals surface area (Å²) in [5.41, 5.74) is -0.567. The summed E-state index contributed by atoms with van der Waals surface area (Å²) in [6.07, 6.45) is 3.50. The number of ether oxygens (including phenoxy) is 4. The highest BCUT2D eigenvalue weighted by atomic mass is 16.7. The highest BCUT2D eigenvalue weighted by molar-refractivity contribution is 5.80. The number of carbonyl (C=O) groups excluding carboxylic acids is 3. The predicted molar refractivity (Wildman–Crippen MR) is 297 cm³/mol. The Bertz CT molecular complexity index is 2110. The van der Waals surface area contributed by atoms with Gasteiger partial charge in [-0.1, -0.05) is 98.9 Å². The van der Waals surface area contributed by atoms with Gasteiger partial charge in [-0.25, -0.2) is 0 Å². The molecular formula is C58H94N4O18. The summed E-state index contributed by atoms with van der Waals surface area (Å²) in [5.74, 6) is -6.16. The first-order valence-electron chi connectivity index (χ1n) is 28.1. The number of allylic oxidation sites excluding steroid dienone is 12. The number of likely N-dealkylation sites (N-methyl/N-ethyl adjacent to an activating group) is 1. The van der Waals surface area contributed by atoms with Crippen molar-refractivity contribution in [2.75, 3.05) is 46.4 Å². The highest BCUT2D eigenvalue weighted by Gasteiger charge is 2.52. The molecule has 3 saturated heterocycles. The lowest BCUT2D eigenvalue weighted by molar-refractivity contribution is -0.308. The van der Waals surface area contributed by atoms with Gasteiger partial charge in [0.15, 0.2) is 12.1 Å². The van der Waals surface area contributed by atoms with Gasteiger partial charge >= 0.3 is 5.97 Å². The minimum Gasteiger partial charge on any atom is -0.462 e. The molecule has 2 amide bonds. The van der Waals surface area contributed by atoms with Crippen molar-refractivity contribution in [2.24, 2.45) is 17.8 Å². The van der Waals surface area contributed by atoms with E-state index in [4.69, 9.17) is 18.9 Å². The maximum atomic E-state index is 14.7. The molecule has 0 aromatic rings. The molecule has 4 rings (SSSR count). The van der Waals surface area contributed by atoms with E-state index in [1.54, 1.807) is 80.5 Å². The highest BCUT2D eigenvalue weighted by Crippen LogP contribution is 2.39. The first-order valence-corrected chi connectivity index (χ1v) is 28.1. The number of amides is 2. The van der Waals surface area contributed by atoms with Gasteiger partial charge in [0.05, 0.1) is 92.6 Å². The lowest BCUT2D eigenvalue weighted by Gasteiger charge is -2.48. The van der Waals surface area contributed by atoms with Crippen molar-refractivity contribution in [1.82, 2.24) is 20.4 Å².